The number of nitrogens with one attached hydrogen (secondary N) is 1. The normalized spacial score (nSPS) is 13.6. The van der Waals surface area contributed by atoms with E-state index in [-0.39, 0.29) is 18.7 Å². The molecule has 1 atom stereocenters. The van der Waals surface area contributed by atoms with Crippen molar-refractivity contribution in [3.8, 4) is 11.5 Å². The van der Waals surface area contributed by atoms with Crippen molar-refractivity contribution in [2.45, 2.75) is 32.9 Å². The van der Waals surface area contributed by atoms with Crippen LogP contribution in [0.1, 0.15) is 25.0 Å². The van der Waals surface area contributed by atoms with Crippen molar-refractivity contribution in [2.75, 3.05) is 12.1 Å². The summed E-state index contributed by atoms with van der Waals surface area (Å²) in [6.07, 6.45) is 0.994. The summed E-state index contributed by atoms with van der Waals surface area (Å²) < 4.78 is 10.7. The highest BCUT2D eigenvalue weighted by Gasteiger charge is 2.18. The number of fused-ring (bicyclic) bond motifs is 1. The first-order chi connectivity index (χ1) is 11.7. The molecule has 0 radical (unpaired) electrons. The fourth-order valence-electron chi connectivity index (χ4n) is 2.57. The van der Waals surface area contributed by atoms with Crippen LogP contribution >= 0.6 is 0 Å². The van der Waals surface area contributed by atoms with Crippen molar-refractivity contribution >= 4 is 11.6 Å². The maximum absolute atomic E-state index is 12.3. The van der Waals surface area contributed by atoms with Gasteiger partial charge in [-0.2, -0.15) is 0 Å². The summed E-state index contributed by atoms with van der Waals surface area (Å²) in [4.78, 5) is 12.3. The summed E-state index contributed by atoms with van der Waals surface area (Å²) in [7, 11) is 0. The Labute approximate surface area is 142 Å². The Bertz CT molecular complexity index is 713. The van der Waals surface area contributed by atoms with Gasteiger partial charge in [0.25, 0.3) is 5.91 Å². The zero-order valence-electron chi connectivity index (χ0n) is 14.0. The Morgan fingerprint density at radius 2 is 1.83 bits per heavy atom. The van der Waals surface area contributed by atoms with Crippen LogP contribution in [0.3, 0.4) is 0 Å². The molecule has 1 aliphatic heterocycles. The predicted molar refractivity (Wildman–Crippen MR) is 92.1 cm³/mol. The number of benzene rings is 2. The molecule has 0 fully saturated rings. The number of hydrogen-bond acceptors (Lipinski definition) is 3. The zero-order chi connectivity index (χ0) is 16.9. The van der Waals surface area contributed by atoms with Crippen molar-refractivity contribution in [3.05, 3.63) is 53.6 Å². The lowest BCUT2D eigenvalue weighted by Crippen LogP contribution is -2.90. The first-order valence-corrected chi connectivity index (χ1v) is 8.27. The fourth-order valence-corrected chi connectivity index (χ4v) is 2.57. The van der Waals surface area contributed by atoms with E-state index in [9.17, 15) is 4.79 Å². The number of quaternary nitrogens is 1. The van der Waals surface area contributed by atoms with E-state index in [0.29, 0.717) is 6.54 Å². The standard InChI is InChI=1S/C19H22N2O3/c1-3-14-4-7-16(8-5-14)21-19(22)13(2)20-11-15-6-9-17-18(10-15)24-12-23-17/h4-10,13,20H,3,11-12H2,1-2H3,(H,21,22)/p+1/t13-/m0/s1. The molecule has 3 rings (SSSR count). The van der Waals surface area contributed by atoms with E-state index in [1.165, 1.54) is 5.56 Å². The largest absolute Gasteiger partial charge is 0.454 e. The van der Waals surface area contributed by atoms with Gasteiger partial charge in [0, 0.05) is 11.3 Å². The van der Waals surface area contributed by atoms with Crippen LogP contribution in [0.15, 0.2) is 42.5 Å². The number of carbonyl (C=O) groups is 1. The van der Waals surface area contributed by atoms with E-state index in [1.54, 1.807) is 0 Å². The van der Waals surface area contributed by atoms with Crippen LogP contribution < -0.4 is 20.1 Å². The van der Waals surface area contributed by atoms with Gasteiger partial charge in [-0.15, -0.1) is 0 Å². The maximum atomic E-state index is 12.3. The molecule has 0 aromatic heterocycles. The summed E-state index contributed by atoms with van der Waals surface area (Å²) in [5.74, 6) is 1.55. The lowest BCUT2D eigenvalue weighted by molar-refractivity contribution is -0.688. The molecule has 0 aliphatic carbocycles. The van der Waals surface area contributed by atoms with Gasteiger partial charge >= 0.3 is 0 Å². The van der Waals surface area contributed by atoms with Crippen LogP contribution in [0.25, 0.3) is 0 Å². The molecule has 1 aliphatic rings. The lowest BCUT2D eigenvalue weighted by Gasteiger charge is -2.12. The zero-order valence-corrected chi connectivity index (χ0v) is 14.0. The molecule has 0 saturated carbocycles. The first kappa shape index (κ1) is 16.3. The van der Waals surface area contributed by atoms with E-state index < -0.39 is 0 Å². The molecule has 1 heterocycles. The lowest BCUT2D eigenvalue weighted by atomic mass is 10.1. The molecule has 5 nitrogen and oxygen atoms in total. The van der Waals surface area contributed by atoms with Gasteiger partial charge in [-0.05, 0) is 49.2 Å². The number of aryl methyl sites for hydroxylation is 1. The number of carbonyl (C=O) groups excluding carboxylic acids is 1. The number of rotatable bonds is 6. The van der Waals surface area contributed by atoms with E-state index in [1.807, 2.05) is 54.7 Å². The molecule has 0 unspecified atom stereocenters. The third-order valence-electron chi connectivity index (χ3n) is 4.19. The Kier molecular flexibility index (Phi) is 5.01. The summed E-state index contributed by atoms with van der Waals surface area (Å²) in [5, 5.41) is 4.96. The van der Waals surface area contributed by atoms with Crippen LogP contribution in [0, 0.1) is 0 Å². The van der Waals surface area contributed by atoms with Gasteiger partial charge in [0.15, 0.2) is 17.5 Å². The van der Waals surface area contributed by atoms with Gasteiger partial charge in [0.1, 0.15) is 6.54 Å². The third kappa shape index (κ3) is 3.86. The first-order valence-electron chi connectivity index (χ1n) is 8.27. The topological polar surface area (TPSA) is 64.2 Å². The van der Waals surface area contributed by atoms with E-state index >= 15 is 0 Å². The highest BCUT2D eigenvalue weighted by Crippen LogP contribution is 2.32. The number of nitrogens with two attached hydrogens (primary N) is 1. The molecule has 2 aromatic rings. The quantitative estimate of drug-likeness (QED) is 0.854. The summed E-state index contributed by atoms with van der Waals surface area (Å²) >= 11 is 0. The van der Waals surface area contributed by atoms with Crippen molar-refractivity contribution in [2.24, 2.45) is 0 Å². The molecule has 5 heteroatoms. The van der Waals surface area contributed by atoms with Gasteiger partial charge in [-0.25, -0.2) is 0 Å². The minimum absolute atomic E-state index is 0.00000758. The average Bonchev–Trinajstić information content (AvgIpc) is 3.08. The van der Waals surface area contributed by atoms with Gasteiger partial charge in [0.05, 0.1) is 0 Å². The second kappa shape index (κ2) is 7.36. The smallest absolute Gasteiger partial charge is 0.282 e. The SMILES string of the molecule is CCc1ccc(NC(=O)[C@H](C)[NH2+]Cc2ccc3c(c2)OCO3)cc1. The molecule has 0 bridgehead atoms. The summed E-state index contributed by atoms with van der Waals surface area (Å²) in [6.45, 7) is 5.00. The van der Waals surface area contributed by atoms with Crippen molar-refractivity contribution in [3.63, 3.8) is 0 Å². The van der Waals surface area contributed by atoms with Crippen molar-refractivity contribution in [1.29, 1.82) is 0 Å². The molecular weight excluding hydrogens is 304 g/mol. The highest BCUT2D eigenvalue weighted by atomic mass is 16.7. The number of amides is 1. The van der Waals surface area contributed by atoms with Gasteiger partial charge in [0.2, 0.25) is 6.79 Å². The molecule has 1 amide bonds. The van der Waals surface area contributed by atoms with Crippen LogP contribution in [0.2, 0.25) is 0 Å². The molecule has 0 saturated heterocycles. The van der Waals surface area contributed by atoms with E-state index in [2.05, 4.69) is 12.2 Å². The van der Waals surface area contributed by atoms with Gasteiger partial charge < -0.3 is 20.1 Å². The Morgan fingerprint density at radius 1 is 1.12 bits per heavy atom. The van der Waals surface area contributed by atoms with Crippen LogP contribution in [-0.2, 0) is 17.8 Å². The molecule has 3 N–H and O–H groups in total. The summed E-state index contributed by atoms with van der Waals surface area (Å²) in [6, 6.07) is 13.7. The Balaban J connectivity index is 1.52. The second-order valence-electron chi connectivity index (χ2n) is 5.96. The highest BCUT2D eigenvalue weighted by molar-refractivity contribution is 5.93. The average molecular weight is 327 g/mol. The Morgan fingerprint density at radius 3 is 2.58 bits per heavy atom. The van der Waals surface area contributed by atoms with Crippen LogP contribution in [0.4, 0.5) is 5.69 Å². The molecule has 24 heavy (non-hydrogen) atoms. The molecule has 126 valence electrons. The minimum Gasteiger partial charge on any atom is -0.454 e. The fraction of sp³-hybridized carbons (Fsp3) is 0.316. The maximum Gasteiger partial charge on any atom is 0.282 e. The predicted octanol–water partition coefficient (Wildman–Crippen LogP) is 2.07. The van der Waals surface area contributed by atoms with E-state index in [0.717, 1.165) is 29.2 Å². The van der Waals surface area contributed by atoms with E-state index in [4.69, 9.17) is 9.47 Å². The molecular formula is C19H23N2O3+. The number of anilines is 1. The van der Waals surface area contributed by atoms with Gasteiger partial charge in [-0.3, -0.25) is 4.79 Å². The van der Waals surface area contributed by atoms with Gasteiger partial charge in [-0.1, -0.05) is 19.1 Å². The van der Waals surface area contributed by atoms with Crippen molar-refractivity contribution in [1.82, 2.24) is 0 Å². The minimum atomic E-state index is -0.179. The third-order valence-corrected chi connectivity index (χ3v) is 4.19. The Hall–Kier alpha value is -2.53. The molecule has 0 spiro atoms. The second-order valence-corrected chi connectivity index (χ2v) is 5.96. The van der Waals surface area contributed by atoms with Crippen LogP contribution in [-0.4, -0.2) is 18.7 Å². The monoisotopic (exact) mass is 327 g/mol. The summed E-state index contributed by atoms with van der Waals surface area (Å²) in [5.41, 5.74) is 3.20. The van der Waals surface area contributed by atoms with Crippen LogP contribution in [0.5, 0.6) is 11.5 Å². The van der Waals surface area contributed by atoms with Crippen molar-refractivity contribution < 1.29 is 19.6 Å². The molecule has 2 aromatic carbocycles. The number of ether oxygens (including phenoxy) is 2. The number of hydrogen-bond donors (Lipinski definition) is 2.